The highest BCUT2D eigenvalue weighted by Crippen LogP contribution is 2.13. The first-order chi connectivity index (χ1) is 7.80. The van der Waals surface area contributed by atoms with Gasteiger partial charge in [0.2, 0.25) is 0 Å². The summed E-state index contributed by atoms with van der Waals surface area (Å²) in [6.45, 7) is 1.39. The van der Waals surface area contributed by atoms with Crippen LogP contribution in [0.1, 0.15) is 17.3 Å². The number of carbonyl (C=O) groups is 2. The molecule has 0 fully saturated rings. The van der Waals surface area contributed by atoms with Gasteiger partial charge in [0.25, 0.3) is 0 Å². The van der Waals surface area contributed by atoms with Gasteiger partial charge in [-0.15, -0.1) is 0 Å². The predicted molar refractivity (Wildman–Crippen MR) is 67.0 cm³/mol. The Morgan fingerprint density at radius 1 is 1.18 bits per heavy atom. The van der Waals surface area contributed by atoms with Gasteiger partial charge in [-0.25, -0.2) is 8.42 Å². The van der Waals surface area contributed by atoms with Gasteiger partial charge < -0.3 is 0 Å². The Morgan fingerprint density at radius 3 is 2.12 bits per heavy atom. The molecule has 0 unspecified atom stereocenters. The summed E-state index contributed by atoms with van der Waals surface area (Å²) in [4.78, 5) is 22.5. The third-order valence-electron chi connectivity index (χ3n) is 2.01. The number of carbonyl (C=O) groups excluding carboxylic acids is 2. The van der Waals surface area contributed by atoms with E-state index < -0.39 is 9.84 Å². The van der Waals surface area contributed by atoms with Crippen LogP contribution in [-0.2, 0) is 14.6 Å². The molecule has 0 spiro atoms. The van der Waals surface area contributed by atoms with E-state index >= 15 is 0 Å². The summed E-state index contributed by atoms with van der Waals surface area (Å²) in [7, 11) is -3.24. The van der Waals surface area contributed by atoms with Crippen LogP contribution in [0.3, 0.4) is 0 Å². The second-order valence-corrected chi connectivity index (χ2v) is 6.67. The fourth-order valence-electron chi connectivity index (χ4n) is 1.14. The molecule has 0 N–H and O–H groups in total. The molecule has 0 amide bonds. The summed E-state index contributed by atoms with van der Waals surface area (Å²) in [5, 5.41) is -0.119. The van der Waals surface area contributed by atoms with Crippen LogP contribution in [0.25, 0.3) is 0 Å². The molecule has 17 heavy (non-hydrogen) atoms. The maximum atomic E-state index is 11.6. The van der Waals surface area contributed by atoms with E-state index in [2.05, 4.69) is 0 Å². The predicted octanol–water partition coefficient (Wildman–Crippen LogP) is 1.55. The second kappa shape index (κ2) is 5.46. The Kier molecular flexibility index (Phi) is 4.47. The van der Waals surface area contributed by atoms with Crippen molar-refractivity contribution in [1.29, 1.82) is 0 Å². The van der Waals surface area contributed by atoms with E-state index in [0.29, 0.717) is 5.56 Å². The smallest absolute Gasteiger partial charge is 0.186 e. The number of hydrogen-bond donors (Lipinski definition) is 0. The van der Waals surface area contributed by atoms with Gasteiger partial charge in [0.1, 0.15) is 0 Å². The highest BCUT2D eigenvalue weighted by atomic mass is 32.2. The molecule has 0 saturated carbocycles. The summed E-state index contributed by atoms with van der Waals surface area (Å²) in [6, 6.07) is 5.70. The van der Waals surface area contributed by atoms with Crippen LogP contribution in [0.4, 0.5) is 0 Å². The van der Waals surface area contributed by atoms with Crippen molar-refractivity contribution in [3.05, 3.63) is 29.8 Å². The molecule has 92 valence electrons. The number of sulfone groups is 1. The zero-order valence-electron chi connectivity index (χ0n) is 9.47. The molecule has 0 heterocycles. The van der Waals surface area contributed by atoms with Gasteiger partial charge in [0.15, 0.2) is 20.7 Å². The van der Waals surface area contributed by atoms with Crippen LogP contribution in [0.15, 0.2) is 29.2 Å². The monoisotopic (exact) mass is 272 g/mol. The van der Waals surface area contributed by atoms with Crippen molar-refractivity contribution in [2.75, 3.05) is 12.0 Å². The molecule has 0 bridgehead atoms. The van der Waals surface area contributed by atoms with E-state index in [1.807, 2.05) is 0 Å². The second-order valence-electron chi connectivity index (χ2n) is 3.50. The Balaban J connectivity index is 2.81. The largest absolute Gasteiger partial charge is 0.293 e. The maximum absolute atomic E-state index is 11.6. The van der Waals surface area contributed by atoms with Crippen molar-refractivity contribution >= 4 is 32.5 Å². The Morgan fingerprint density at radius 2 is 1.71 bits per heavy atom. The average molecular weight is 272 g/mol. The summed E-state index contributed by atoms with van der Waals surface area (Å²) in [5.74, 6) is -0.113. The highest BCUT2D eigenvalue weighted by molar-refractivity contribution is 8.14. The molecule has 6 heteroatoms. The normalized spacial score (nSPS) is 11.2. The Hall–Kier alpha value is -1.14. The molecule has 4 nitrogen and oxygen atoms in total. The van der Waals surface area contributed by atoms with Gasteiger partial charge in [-0.05, 0) is 12.1 Å². The van der Waals surface area contributed by atoms with Gasteiger partial charge in [-0.1, -0.05) is 23.9 Å². The van der Waals surface area contributed by atoms with E-state index in [-0.39, 0.29) is 21.5 Å². The lowest BCUT2D eigenvalue weighted by atomic mass is 10.1. The SMILES string of the molecule is CC(=O)SCC(=O)c1ccc(S(C)(=O)=O)cc1. The number of thioether (sulfide) groups is 1. The lowest BCUT2D eigenvalue weighted by molar-refractivity contribution is -0.109. The van der Waals surface area contributed by atoms with Crippen molar-refractivity contribution in [2.45, 2.75) is 11.8 Å². The van der Waals surface area contributed by atoms with Crippen LogP contribution in [0.5, 0.6) is 0 Å². The number of ketones is 1. The van der Waals surface area contributed by atoms with Gasteiger partial charge in [-0.3, -0.25) is 9.59 Å². The van der Waals surface area contributed by atoms with Crippen molar-refractivity contribution in [2.24, 2.45) is 0 Å². The first kappa shape index (κ1) is 13.9. The molecule has 1 aromatic carbocycles. The lowest BCUT2D eigenvalue weighted by Gasteiger charge is -2.01. The number of hydrogen-bond acceptors (Lipinski definition) is 5. The van der Waals surface area contributed by atoms with Gasteiger partial charge in [-0.2, -0.15) is 0 Å². The molecule has 1 aromatic rings. The number of benzene rings is 1. The topological polar surface area (TPSA) is 68.3 Å². The minimum absolute atomic E-state index is 0.0769. The molecular weight excluding hydrogens is 260 g/mol. The van der Waals surface area contributed by atoms with Crippen LogP contribution in [-0.4, -0.2) is 31.3 Å². The lowest BCUT2D eigenvalue weighted by Crippen LogP contribution is -2.05. The van der Waals surface area contributed by atoms with Crippen molar-refractivity contribution in [3.8, 4) is 0 Å². The third-order valence-corrected chi connectivity index (χ3v) is 3.95. The summed E-state index contributed by atoms with van der Waals surface area (Å²) in [5.41, 5.74) is 0.408. The quantitative estimate of drug-likeness (QED) is 0.778. The molecule has 0 aliphatic rings. The molecule has 0 radical (unpaired) electrons. The zero-order chi connectivity index (χ0) is 13.1. The van der Waals surface area contributed by atoms with Crippen LogP contribution < -0.4 is 0 Å². The van der Waals surface area contributed by atoms with E-state index in [9.17, 15) is 18.0 Å². The van der Waals surface area contributed by atoms with E-state index in [1.54, 1.807) is 0 Å². The highest BCUT2D eigenvalue weighted by Gasteiger charge is 2.10. The molecule has 1 rings (SSSR count). The number of rotatable bonds is 4. The molecule has 0 aliphatic heterocycles. The van der Waals surface area contributed by atoms with Crippen molar-refractivity contribution < 1.29 is 18.0 Å². The van der Waals surface area contributed by atoms with Gasteiger partial charge in [0, 0.05) is 18.7 Å². The van der Waals surface area contributed by atoms with Crippen LogP contribution in [0, 0.1) is 0 Å². The Labute approximate surface area is 104 Å². The molecular formula is C11H12O4S2. The minimum atomic E-state index is -3.24. The fourth-order valence-corrected chi connectivity index (χ4v) is 2.27. The first-order valence-corrected chi connectivity index (χ1v) is 7.65. The minimum Gasteiger partial charge on any atom is -0.293 e. The maximum Gasteiger partial charge on any atom is 0.186 e. The molecule has 0 aliphatic carbocycles. The third kappa shape index (κ3) is 4.32. The van der Waals surface area contributed by atoms with E-state index in [4.69, 9.17) is 0 Å². The Bertz CT molecular complexity index is 529. The summed E-state index contributed by atoms with van der Waals surface area (Å²) < 4.78 is 22.4. The van der Waals surface area contributed by atoms with E-state index in [1.165, 1.54) is 31.2 Å². The fraction of sp³-hybridized carbons (Fsp3) is 0.273. The average Bonchev–Trinajstić information content (AvgIpc) is 2.25. The zero-order valence-corrected chi connectivity index (χ0v) is 11.1. The summed E-state index contributed by atoms with van der Waals surface area (Å²) in [6.07, 6.45) is 1.11. The molecule has 0 saturated heterocycles. The summed E-state index contributed by atoms with van der Waals surface area (Å²) >= 11 is 0.937. The van der Waals surface area contributed by atoms with Crippen molar-refractivity contribution in [1.82, 2.24) is 0 Å². The van der Waals surface area contributed by atoms with E-state index in [0.717, 1.165) is 18.0 Å². The first-order valence-electron chi connectivity index (χ1n) is 4.77. The molecule has 0 aromatic heterocycles. The standard InChI is InChI=1S/C11H12O4S2/c1-8(12)16-7-11(13)9-3-5-10(6-4-9)17(2,14)15/h3-6H,7H2,1-2H3. The van der Waals surface area contributed by atoms with Gasteiger partial charge in [0.05, 0.1) is 10.6 Å². The van der Waals surface area contributed by atoms with Crippen LogP contribution in [0.2, 0.25) is 0 Å². The number of Topliss-reactive ketones (excluding diaryl/α,β-unsaturated/α-hetero) is 1. The van der Waals surface area contributed by atoms with Crippen LogP contribution >= 0.6 is 11.8 Å². The van der Waals surface area contributed by atoms with Gasteiger partial charge >= 0.3 is 0 Å². The molecule has 0 atom stereocenters. The van der Waals surface area contributed by atoms with Crippen molar-refractivity contribution in [3.63, 3.8) is 0 Å².